The van der Waals surface area contributed by atoms with Crippen molar-refractivity contribution < 1.29 is 19.0 Å². The molecule has 0 aromatic rings. The molecule has 2 atom stereocenters. The lowest BCUT2D eigenvalue weighted by molar-refractivity contribution is -0.149. The SMILES string of the molecule is CC(=O)OC(C)COCC(C)OCC(C)C. The normalized spacial score (nSPS) is 14.9. The Labute approximate surface area is 98.3 Å². The highest BCUT2D eigenvalue weighted by atomic mass is 16.6. The molecule has 0 aromatic carbocycles. The quantitative estimate of drug-likeness (QED) is 0.601. The summed E-state index contributed by atoms with van der Waals surface area (Å²) in [6.45, 7) is 11.1. The van der Waals surface area contributed by atoms with Crippen molar-refractivity contribution in [1.82, 2.24) is 0 Å². The van der Waals surface area contributed by atoms with Gasteiger partial charge in [-0.1, -0.05) is 13.8 Å². The van der Waals surface area contributed by atoms with Gasteiger partial charge in [-0.3, -0.25) is 4.79 Å². The molecule has 0 aromatic heterocycles. The van der Waals surface area contributed by atoms with Gasteiger partial charge in [0.2, 0.25) is 0 Å². The molecule has 0 spiro atoms. The van der Waals surface area contributed by atoms with E-state index in [1.807, 2.05) is 6.92 Å². The number of hydrogen-bond acceptors (Lipinski definition) is 4. The molecule has 0 saturated heterocycles. The molecule has 0 radical (unpaired) electrons. The second-order valence-corrected chi connectivity index (χ2v) is 4.50. The van der Waals surface area contributed by atoms with Crippen molar-refractivity contribution in [2.24, 2.45) is 5.92 Å². The van der Waals surface area contributed by atoms with E-state index >= 15 is 0 Å². The molecule has 0 amide bonds. The van der Waals surface area contributed by atoms with Crippen LogP contribution in [0.25, 0.3) is 0 Å². The molecule has 16 heavy (non-hydrogen) atoms. The highest BCUT2D eigenvalue weighted by molar-refractivity contribution is 5.66. The van der Waals surface area contributed by atoms with E-state index in [0.717, 1.165) is 6.61 Å². The lowest BCUT2D eigenvalue weighted by Crippen LogP contribution is -2.24. The van der Waals surface area contributed by atoms with E-state index in [2.05, 4.69) is 13.8 Å². The van der Waals surface area contributed by atoms with Crippen LogP contribution in [0.4, 0.5) is 0 Å². The zero-order chi connectivity index (χ0) is 12.6. The highest BCUT2D eigenvalue weighted by Crippen LogP contribution is 2.00. The summed E-state index contributed by atoms with van der Waals surface area (Å²) in [4.78, 5) is 10.6. The van der Waals surface area contributed by atoms with Crippen LogP contribution in [0.5, 0.6) is 0 Å². The second-order valence-electron chi connectivity index (χ2n) is 4.50. The summed E-state index contributed by atoms with van der Waals surface area (Å²) in [5.41, 5.74) is 0. The molecule has 0 fully saturated rings. The third-order valence-electron chi connectivity index (χ3n) is 1.79. The smallest absolute Gasteiger partial charge is 0.302 e. The molecule has 0 heterocycles. The van der Waals surface area contributed by atoms with Gasteiger partial charge in [-0.2, -0.15) is 0 Å². The Balaban J connectivity index is 3.46. The van der Waals surface area contributed by atoms with Gasteiger partial charge in [0.05, 0.1) is 19.3 Å². The fourth-order valence-corrected chi connectivity index (χ4v) is 1.12. The van der Waals surface area contributed by atoms with Gasteiger partial charge in [-0.25, -0.2) is 0 Å². The summed E-state index contributed by atoms with van der Waals surface area (Å²) >= 11 is 0. The number of hydrogen-bond donors (Lipinski definition) is 0. The lowest BCUT2D eigenvalue weighted by Gasteiger charge is -2.17. The first-order valence-electron chi connectivity index (χ1n) is 5.78. The van der Waals surface area contributed by atoms with Gasteiger partial charge < -0.3 is 14.2 Å². The standard InChI is InChI=1S/C12H24O4/c1-9(2)6-15-10(3)7-14-8-11(4)16-12(5)13/h9-11H,6-8H2,1-5H3. The van der Waals surface area contributed by atoms with E-state index in [9.17, 15) is 4.79 Å². The maximum Gasteiger partial charge on any atom is 0.302 e. The molecule has 0 rings (SSSR count). The van der Waals surface area contributed by atoms with Crippen LogP contribution < -0.4 is 0 Å². The van der Waals surface area contributed by atoms with E-state index < -0.39 is 0 Å². The fraction of sp³-hybridized carbons (Fsp3) is 0.917. The molecule has 2 unspecified atom stereocenters. The Morgan fingerprint density at radius 2 is 1.56 bits per heavy atom. The molecule has 0 N–H and O–H groups in total. The Morgan fingerprint density at radius 1 is 1.00 bits per heavy atom. The molecule has 4 nitrogen and oxygen atoms in total. The predicted molar refractivity (Wildman–Crippen MR) is 62.3 cm³/mol. The van der Waals surface area contributed by atoms with Crippen LogP contribution in [0.2, 0.25) is 0 Å². The van der Waals surface area contributed by atoms with E-state index in [4.69, 9.17) is 14.2 Å². The van der Waals surface area contributed by atoms with Gasteiger partial charge in [-0.05, 0) is 19.8 Å². The number of esters is 1. The zero-order valence-electron chi connectivity index (χ0n) is 11.0. The minimum atomic E-state index is -0.278. The minimum absolute atomic E-state index is 0.0759. The van der Waals surface area contributed by atoms with Gasteiger partial charge in [0.15, 0.2) is 0 Å². The summed E-state index contributed by atoms with van der Waals surface area (Å²) in [7, 11) is 0. The maximum atomic E-state index is 10.6. The monoisotopic (exact) mass is 232 g/mol. The second kappa shape index (κ2) is 8.53. The molecule has 96 valence electrons. The summed E-state index contributed by atoms with van der Waals surface area (Å²) in [6.07, 6.45) is -0.123. The van der Waals surface area contributed by atoms with E-state index in [1.54, 1.807) is 6.92 Å². The van der Waals surface area contributed by atoms with Crippen molar-refractivity contribution in [3.05, 3.63) is 0 Å². The maximum absolute atomic E-state index is 10.6. The average molecular weight is 232 g/mol. The van der Waals surface area contributed by atoms with Crippen molar-refractivity contribution >= 4 is 5.97 Å². The topological polar surface area (TPSA) is 44.8 Å². The molecule has 0 saturated carbocycles. The van der Waals surface area contributed by atoms with Crippen molar-refractivity contribution in [2.75, 3.05) is 19.8 Å². The first-order valence-corrected chi connectivity index (χ1v) is 5.78. The minimum Gasteiger partial charge on any atom is -0.460 e. The van der Waals surface area contributed by atoms with Crippen LogP contribution in [0, 0.1) is 5.92 Å². The summed E-state index contributed by atoms with van der Waals surface area (Å²) in [5, 5.41) is 0. The van der Waals surface area contributed by atoms with Gasteiger partial charge in [-0.15, -0.1) is 0 Å². The van der Waals surface area contributed by atoms with Gasteiger partial charge in [0.1, 0.15) is 6.10 Å². The Bertz CT molecular complexity index is 191. The highest BCUT2D eigenvalue weighted by Gasteiger charge is 2.08. The number of carbonyl (C=O) groups excluding carboxylic acids is 1. The Morgan fingerprint density at radius 3 is 2.06 bits per heavy atom. The third kappa shape index (κ3) is 9.93. The van der Waals surface area contributed by atoms with Crippen LogP contribution >= 0.6 is 0 Å². The average Bonchev–Trinajstić information content (AvgIpc) is 2.13. The van der Waals surface area contributed by atoms with Crippen molar-refractivity contribution in [3.63, 3.8) is 0 Å². The molecule has 0 bridgehead atoms. The van der Waals surface area contributed by atoms with Gasteiger partial charge >= 0.3 is 5.97 Å². The van der Waals surface area contributed by atoms with Crippen molar-refractivity contribution in [1.29, 1.82) is 0 Å². The van der Waals surface area contributed by atoms with E-state index in [-0.39, 0.29) is 18.2 Å². The fourth-order valence-electron chi connectivity index (χ4n) is 1.12. The third-order valence-corrected chi connectivity index (χ3v) is 1.79. The number of rotatable bonds is 8. The first-order chi connectivity index (χ1) is 7.41. The van der Waals surface area contributed by atoms with Crippen molar-refractivity contribution in [3.8, 4) is 0 Å². The van der Waals surface area contributed by atoms with Crippen LogP contribution in [-0.4, -0.2) is 38.0 Å². The van der Waals surface area contributed by atoms with Gasteiger partial charge in [0.25, 0.3) is 0 Å². The molecular formula is C12H24O4. The first kappa shape index (κ1) is 15.4. The van der Waals surface area contributed by atoms with Crippen LogP contribution in [0.15, 0.2) is 0 Å². The van der Waals surface area contributed by atoms with Crippen molar-refractivity contribution in [2.45, 2.75) is 46.8 Å². The van der Waals surface area contributed by atoms with Crippen LogP contribution in [0.3, 0.4) is 0 Å². The molecular weight excluding hydrogens is 208 g/mol. The Hall–Kier alpha value is -0.610. The number of carbonyl (C=O) groups is 1. The van der Waals surface area contributed by atoms with Crippen LogP contribution in [-0.2, 0) is 19.0 Å². The Kier molecular flexibility index (Phi) is 8.21. The van der Waals surface area contributed by atoms with Gasteiger partial charge in [0, 0.05) is 13.5 Å². The summed E-state index contributed by atoms with van der Waals surface area (Å²) in [5.74, 6) is 0.252. The predicted octanol–water partition coefficient (Wildman–Crippen LogP) is 2.02. The molecule has 0 aliphatic carbocycles. The number of ether oxygens (including phenoxy) is 3. The lowest BCUT2D eigenvalue weighted by atomic mass is 10.2. The van der Waals surface area contributed by atoms with Crippen LogP contribution in [0.1, 0.15) is 34.6 Å². The summed E-state index contributed by atoms with van der Waals surface area (Å²) in [6, 6.07) is 0. The van der Waals surface area contributed by atoms with E-state index in [1.165, 1.54) is 6.92 Å². The van der Waals surface area contributed by atoms with E-state index in [0.29, 0.717) is 19.1 Å². The molecule has 0 aliphatic heterocycles. The summed E-state index contributed by atoms with van der Waals surface area (Å²) < 4.78 is 15.8. The molecule has 0 aliphatic rings. The largest absolute Gasteiger partial charge is 0.460 e. The molecule has 4 heteroatoms. The zero-order valence-corrected chi connectivity index (χ0v) is 11.0.